The molecular formula is C18H30N2O. The van der Waals surface area contributed by atoms with Crippen molar-refractivity contribution in [3.63, 3.8) is 0 Å². The average molecular weight is 290 g/mol. The molecule has 1 unspecified atom stereocenters. The molecule has 3 nitrogen and oxygen atoms in total. The zero-order valence-electron chi connectivity index (χ0n) is 14.1. The first-order valence-electron chi connectivity index (χ1n) is 8.19. The van der Waals surface area contributed by atoms with Crippen molar-refractivity contribution in [2.45, 2.75) is 52.1 Å². The van der Waals surface area contributed by atoms with Crippen molar-refractivity contribution >= 4 is 5.69 Å². The second kappa shape index (κ2) is 7.17. The van der Waals surface area contributed by atoms with Gasteiger partial charge in [0.05, 0.1) is 7.11 Å². The Morgan fingerprint density at radius 2 is 2.00 bits per heavy atom. The van der Waals surface area contributed by atoms with Gasteiger partial charge in [-0.2, -0.15) is 0 Å². The molecule has 2 rings (SSSR count). The number of anilines is 1. The summed E-state index contributed by atoms with van der Waals surface area (Å²) in [7, 11) is 3.77. The Hall–Kier alpha value is -1.22. The van der Waals surface area contributed by atoms with Crippen LogP contribution in [0.5, 0.6) is 5.75 Å². The summed E-state index contributed by atoms with van der Waals surface area (Å²) in [6, 6.07) is 7.45. The topological polar surface area (TPSA) is 24.5 Å². The lowest BCUT2D eigenvalue weighted by Crippen LogP contribution is -2.30. The number of ether oxygens (including phenoxy) is 1. The van der Waals surface area contributed by atoms with E-state index in [1.165, 1.54) is 30.5 Å². The van der Waals surface area contributed by atoms with Gasteiger partial charge in [-0.15, -0.1) is 0 Å². The minimum absolute atomic E-state index is 0.288. The van der Waals surface area contributed by atoms with Crippen LogP contribution in [0.4, 0.5) is 5.69 Å². The number of hydrogen-bond donors (Lipinski definition) is 1. The third kappa shape index (κ3) is 3.91. The molecule has 1 fully saturated rings. The third-order valence-corrected chi connectivity index (χ3v) is 4.37. The van der Waals surface area contributed by atoms with Crippen LogP contribution < -0.4 is 15.0 Å². The van der Waals surface area contributed by atoms with Crippen LogP contribution in [0.25, 0.3) is 0 Å². The molecule has 0 heterocycles. The molecule has 0 aliphatic heterocycles. The van der Waals surface area contributed by atoms with Gasteiger partial charge in [-0.25, -0.2) is 0 Å². The van der Waals surface area contributed by atoms with Gasteiger partial charge in [-0.05, 0) is 51.3 Å². The van der Waals surface area contributed by atoms with E-state index in [1.54, 1.807) is 7.11 Å². The second-order valence-corrected chi connectivity index (χ2v) is 6.51. The molecule has 0 saturated heterocycles. The second-order valence-electron chi connectivity index (χ2n) is 6.51. The van der Waals surface area contributed by atoms with E-state index in [-0.39, 0.29) is 6.04 Å². The lowest BCUT2D eigenvalue weighted by Gasteiger charge is -2.30. The van der Waals surface area contributed by atoms with Crippen LogP contribution >= 0.6 is 0 Å². The molecule has 0 aromatic heterocycles. The first kappa shape index (κ1) is 16.2. The maximum atomic E-state index is 5.62. The Morgan fingerprint density at radius 3 is 2.52 bits per heavy atom. The highest BCUT2D eigenvalue weighted by Crippen LogP contribution is 2.40. The van der Waals surface area contributed by atoms with E-state index in [0.29, 0.717) is 0 Å². The zero-order chi connectivity index (χ0) is 15.4. The van der Waals surface area contributed by atoms with Crippen molar-refractivity contribution in [2.75, 3.05) is 25.6 Å². The fourth-order valence-corrected chi connectivity index (χ4v) is 2.82. The molecule has 3 heteroatoms. The Balaban J connectivity index is 2.34. The highest BCUT2D eigenvalue weighted by Gasteiger charge is 2.31. The standard InChI is InChI=1S/C18H30N2O/c1-13(2)11-12-20(15-9-10-15)16-7-6-8-17(21-5)18(16)14(3)19-4/h6-8,13-15,19H,9-12H2,1-5H3. The number of nitrogens with one attached hydrogen (secondary N) is 1. The lowest BCUT2D eigenvalue weighted by molar-refractivity contribution is 0.403. The van der Waals surface area contributed by atoms with Crippen molar-refractivity contribution in [3.05, 3.63) is 23.8 Å². The average Bonchev–Trinajstić information content (AvgIpc) is 3.30. The molecule has 0 spiro atoms. The molecule has 1 saturated carbocycles. The number of nitrogens with zero attached hydrogens (tertiary/aromatic N) is 1. The van der Waals surface area contributed by atoms with Gasteiger partial charge in [0.15, 0.2) is 0 Å². The largest absolute Gasteiger partial charge is 0.496 e. The number of rotatable bonds is 8. The molecule has 1 aliphatic rings. The van der Waals surface area contributed by atoms with Crippen molar-refractivity contribution in [1.29, 1.82) is 0 Å². The van der Waals surface area contributed by atoms with Gasteiger partial charge in [0.25, 0.3) is 0 Å². The van der Waals surface area contributed by atoms with Crippen molar-refractivity contribution in [1.82, 2.24) is 5.32 Å². The van der Waals surface area contributed by atoms with E-state index in [2.05, 4.69) is 49.2 Å². The van der Waals surface area contributed by atoms with Gasteiger partial charge < -0.3 is 15.0 Å². The van der Waals surface area contributed by atoms with E-state index in [0.717, 1.165) is 24.3 Å². The molecule has 1 N–H and O–H groups in total. The lowest BCUT2D eigenvalue weighted by atomic mass is 10.0. The normalized spacial score (nSPS) is 16.1. The summed E-state index contributed by atoms with van der Waals surface area (Å²) < 4.78 is 5.62. The van der Waals surface area contributed by atoms with Crippen LogP contribution in [-0.4, -0.2) is 26.7 Å². The Labute approximate surface area is 129 Å². The van der Waals surface area contributed by atoms with Crippen LogP contribution in [0.15, 0.2) is 18.2 Å². The van der Waals surface area contributed by atoms with E-state index in [4.69, 9.17) is 4.74 Å². The number of methoxy groups -OCH3 is 1. The molecule has 0 amide bonds. The summed E-state index contributed by atoms with van der Waals surface area (Å²) in [5.74, 6) is 1.73. The highest BCUT2D eigenvalue weighted by atomic mass is 16.5. The summed E-state index contributed by atoms with van der Waals surface area (Å²) in [4.78, 5) is 2.60. The monoisotopic (exact) mass is 290 g/mol. The smallest absolute Gasteiger partial charge is 0.125 e. The predicted molar refractivity (Wildman–Crippen MR) is 90.3 cm³/mol. The van der Waals surface area contributed by atoms with E-state index >= 15 is 0 Å². The van der Waals surface area contributed by atoms with Gasteiger partial charge in [0.2, 0.25) is 0 Å². The van der Waals surface area contributed by atoms with Crippen LogP contribution in [0.2, 0.25) is 0 Å². The molecule has 1 aliphatic carbocycles. The molecule has 21 heavy (non-hydrogen) atoms. The molecule has 0 radical (unpaired) electrons. The van der Waals surface area contributed by atoms with Gasteiger partial charge in [0, 0.05) is 29.9 Å². The SMILES string of the molecule is CNC(C)c1c(OC)cccc1N(CCC(C)C)C1CC1. The summed E-state index contributed by atoms with van der Waals surface area (Å²) in [5, 5.41) is 3.37. The zero-order valence-corrected chi connectivity index (χ0v) is 14.1. The molecule has 1 aromatic carbocycles. The van der Waals surface area contributed by atoms with E-state index < -0.39 is 0 Å². The predicted octanol–water partition coefficient (Wildman–Crippen LogP) is 3.99. The molecule has 1 aromatic rings. The summed E-state index contributed by atoms with van der Waals surface area (Å²) >= 11 is 0. The maximum absolute atomic E-state index is 5.62. The fourth-order valence-electron chi connectivity index (χ4n) is 2.82. The third-order valence-electron chi connectivity index (χ3n) is 4.37. The van der Waals surface area contributed by atoms with Crippen molar-refractivity contribution in [2.24, 2.45) is 5.92 Å². The first-order valence-corrected chi connectivity index (χ1v) is 8.19. The Bertz CT molecular complexity index is 455. The Morgan fingerprint density at radius 1 is 1.29 bits per heavy atom. The van der Waals surface area contributed by atoms with Gasteiger partial charge in [-0.1, -0.05) is 19.9 Å². The summed E-state index contributed by atoms with van der Waals surface area (Å²) in [6.07, 6.45) is 3.88. The summed E-state index contributed by atoms with van der Waals surface area (Å²) in [5.41, 5.74) is 2.64. The minimum Gasteiger partial charge on any atom is -0.496 e. The maximum Gasteiger partial charge on any atom is 0.125 e. The van der Waals surface area contributed by atoms with Gasteiger partial charge in [-0.3, -0.25) is 0 Å². The molecular weight excluding hydrogens is 260 g/mol. The molecule has 0 bridgehead atoms. The quantitative estimate of drug-likeness (QED) is 0.783. The fraction of sp³-hybridized carbons (Fsp3) is 0.667. The Kier molecular flexibility index (Phi) is 5.51. The highest BCUT2D eigenvalue weighted by molar-refractivity contribution is 5.62. The molecule has 1 atom stereocenters. The van der Waals surface area contributed by atoms with Crippen LogP contribution in [0.1, 0.15) is 51.6 Å². The van der Waals surface area contributed by atoms with Crippen LogP contribution in [0, 0.1) is 5.92 Å². The van der Waals surface area contributed by atoms with Crippen molar-refractivity contribution < 1.29 is 4.74 Å². The number of benzene rings is 1. The van der Waals surface area contributed by atoms with Crippen LogP contribution in [0.3, 0.4) is 0 Å². The van der Waals surface area contributed by atoms with Gasteiger partial charge in [0.1, 0.15) is 5.75 Å². The van der Waals surface area contributed by atoms with E-state index in [1.807, 2.05) is 7.05 Å². The van der Waals surface area contributed by atoms with Crippen molar-refractivity contribution in [3.8, 4) is 5.75 Å². The first-order chi connectivity index (χ1) is 10.1. The number of hydrogen-bond acceptors (Lipinski definition) is 3. The van der Waals surface area contributed by atoms with Crippen LogP contribution in [-0.2, 0) is 0 Å². The van der Waals surface area contributed by atoms with Gasteiger partial charge >= 0.3 is 0 Å². The van der Waals surface area contributed by atoms with E-state index in [9.17, 15) is 0 Å². The summed E-state index contributed by atoms with van der Waals surface area (Å²) in [6.45, 7) is 7.94. The minimum atomic E-state index is 0.288. The molecule has 118 valence electrons.